The van der Waals surface area contributed by atoms with Crippen molar-refractivity contribution in [2.24, 2.45) is 5.92 Å². The van der Waals surface area contributed by atoms with Gasteiger partial charge in [-0.2, -0.15) is 0 Å². The van der Waals surface area contributed by atoms with Gasteiger partial charge in [-0.3, -0.25) is 9.69 Å². The first kappa shape index (κ1) is 17.7. The van der Waals surface area contributed by atoms with Gasteiger partial charge in [0.15, 0.2) is 0 Å². The second-order valence-electron chi connectivity index (χ2n) is 7.17. The van der Waals surface area contributed by atoms with Crippen LogP contribution in [-0.4, -0.2) is 30.4 Å². The molecule has 25 heavy (non-hydrogen) atoms. The van der Waals surface area contributed by atoms with Crippen LogP contribution in [0.3, 0.4) is 0 Å². The van der Waals surface area contributed by atoms with Crippen molar-refractivity contribution in [3.63, 3.8) is 0 Å². The van der Waals surface area contributed by atoms with E-state index in [2.05, 4.69) is 41.4 Å². The molecule has 1 fully saturated rings. The van der Waals surface area contributed by atoms with E-state index in [0.29, 0.717) is 6.54 Å². The number of nitrogens with zero attached hydrogens (tertiary/aromatic N) is 1. The Kier molecular flexibility index (Phi) is 5.87. The topological polar surface area (TPSA) is 32.3 Å². The van der Waals surface area contributed by atoms with Crippen LogP contribution in [0.15, 0.2) is 54.6 Å². The van der Waals surface area contributed by atoms with Gasteiger partial charge in [0.2, 0.25) is 0 Å². The number of rotatable bonds is 5. The fourth-order valence-corrected chi connectivity index (χ4v) is 3.59. The average Bonchev–Trinajstić information content (AvgIpc) is 2.64. The number of amides is 1. The molecule has 1 N–H and O–H groups in total. The van der Waals surface area contributed by atoms with Crippen LogP contribution in [-0.2, 0) is 0 Å². The first-order valence-corrected chi connectivity index (χ1v) is 9.28. The highest BCUT2D eigenvalue weighted by atomic mass is 16.1. The lowest BCUT2D eigenvalue weighted by Crippen LogP contribution is -2.42. The van der Waals surface area contributed by atoms with E-state index in [1.807, 2.05) is 37.3 Å². The third-order valence-corrected chi connectivity index (χ3v) is 5.29. The van der Waals surface area contributed by atoms with Crippen LogP contribution in [0.4, 0.5) is 0 Å². The number of carbonyl (C=O) groups excluding carboxylic acids is 1. The third kappa shape index (κ3) is 4.49. The fourth-order valence-electron chi connectivity index (χ4n) is 3.59. The molecule has 1 atom stereocenters. The summed E-state index contributed by atoms with van der Waals surface area (Å²) in [5.41, 5.74) is 3.06. The Morgan fingerprint density at radius 2 is 1.72 bits per heavy atom. The maximum absolute atomic E-state index is 12.6. The van der Waals surface area contributed by atoms with Crippen molar-refractivity contribution in [3.05, 3.63) is 71.3 Å². The van der Waals surface area contributed by atoms with E-state index in [0.717, 1.165) is 30.1 Å². The number of carbonyl (C=O) groups is 1. The van der Waals surface area contributed by atoms with E-state index < -0.39 is 0 Å². The largest absolute Gasteiger partial charge is 0.350 e. The zero-order valence-electron chi connectivity index (χ0n) is 15.2. The SMILES string of the molecule is Cc1ccccc1C(=O)NCC(c1ccccc1)N1CCC(C)CC1. The molecule has 2 aromatic rings. The highest BCUT2D eigenvalue weighted by Crippen LogP contribution is 2.26. The Hall–Kier alpha value is -2.13. The van der Waals surface area contributed by atoms with E-state index in [-0.39, 0.29) is 11.9 Å². The minimum absolute atomic E-state index is 0.0180. The van der Waals surface area contributed by atoms with Crippen LogP contribution in [0.25, 0.3) is 0 Å². The number of aryl methyl sites for hydroxylation is 1. The lowest BCUT2D eigenvalue weighted by molar-refractivity contribution is 0.0912. The first-order chi connectivity index (χ1) is 12.1. The molecule has 0 aliphatic carbocycles. The molecular formula is C22H28N2O. The number of benzene rings is 2. The summed E-state index contributed by atoms with van der Waals surface area (Å²) in [7, 11) is 0. The maximum Gasteiger partial charge on any atom is 0.251 e. The van der Waals surface area contributed by atoms with Gasteiger partial charge in [0, 0.05) is 12.1 Å². The molecule has 0 aromatic heterocycles. The molecule has 0 bridgehead atoms. The summed E-state index contributed by atoms with van der Waals surface area (Å²) in [4.78, 5) is 15.1. The van der Waals surface area contributed by atoms with Crippen molar-refractivity contribution >= 4 is 5.91 Å². The molecule has 1 saturated heterocycles. The van der Waals surface area contributed by atoms with Crippen LogP contribution in [0, 0.1) is 12.8 Å². The van der Waals surface area contributed by atoms with Crippen molar-refractivity contribution in [3.8, 4) is 0 Å². The minimum atomic E-state index is 0.0180. The van der Waals surface area contributed by atoms with Gasteiger partial charge < -0.3 is 5.32 Å². The van der Waals surface area contributed by atoms with Crippen LogP contribution in [0.1, 0.15) is 47.3 Å². The molecule has 132 valence electrons. The van der Waals surface area contributed by atoms with Crippen molar-refractivity contribution in [1.29, 1.82) is 0 Å². The molecule has 0 spiro atoms. The molecule has 3 nitrogen and oxygen atoms in total. The quantitative estimate of drug-likeness (QED) is 0.887. The van der Waals surface area contributed by atoms with Crippen molar-refractivity contribution < 1.29 is 4.79 Å². The lowest BCUT2D eigenvalue weighted by atomic mass is 9.95. The van der Waals surface area contributed by atoms with E-state index in [9.17, 15) is 4.79 Å². The molecule has 1 heterocycles. The van der Waals surface area contributed by atoms with Crippen LogP contribution < -0.4 is 5.32 Å². The van der Waals surface area contributed by atoms with Crippen LogP contribution in [0.2, 0.25) is 0 Å². The average molecular weight is 336 g/mol. The van der Waals surface area contributed by atoms with Gasteiger partial charge in [-0.25, -0.2) is 0 Å². The minimum Gasteiger partial charge on any atom is -0.350 e. The molecule has 0 radical (unpaired) electrons. The second kappa shape index (κ2) is 8.30. The molecule has 1 aliphatic heterocycles. The highest BCUT2D eigenvalue weighted by molar-refractivity contribution is 5.95. The second-order valence-corrected chi connectivity index (χ2v) is 7.17. The number of likely N-dealkylation sites (tertiary alicyclic amines) is 1. The summed E-state index contributed by atoms with van der Waals surface area (Å²) in [6, 6.07) is 18.5. The van der Waals surface area contributed by atoms with Crippen LogP contribution in [0.5, 0.6) is 0 Å². The van der Waals surface area contributed by atoms with Gasteiger partial charge in [-0.1, -0.05) is 55.5 Å². The monoisotopic (exact) mass is 336 g/mol. The Morgan fingerprint density at radius 1 is 1.08 bits per heavy atom. The molecule has 2 aromatic carbocycles. The Labute approximate surface area is 151 Å². The van der Waals surface area contributed by atoms with Gasteiger partial charge in [0.25, 0.3) is 5.91 Å². The summed E-state index contributed by atoms with van der Waals surface area (Å²) >= 11 is 0. The zero-order chi connectivity index (χ0) is 17.6. The van der Waals surface area contributed by atoms with E-state index in [4.69, 9.17) is 0 Å². The van der Waals surface area contributed by atoms with E-state index >= 15 is 0 Å². The van der Waals surface area contributed by atoms with Gasteiger partial charge in [-0.05, 0) is 56.0 Å². The number of hydrogen-bond acceptors (Lipinski definition) is 2. The van der Waals surface area contributed by atoms with Gasteiger partial charge in [0.05, 0.1) is 6.04 Å². The highest BCUT2D eigenvalue weighted by Gasteiger charge is 2.25. The normalized spacial score (nSPS) is 17.2. The summed E-state index contributed by atoms with van der Waals surface area (Å²) < 4.78 is 0. The summed E-state index contributed by atoms with van der Waals surface area (Å²) in [5.74, 6) is 0.818. The Bertz CT molecular complexity index is 690. The predicted octanol–water partition coefficient (Wildman–Crippen LogP) is 4.20. The molecule has 1 unspecified atom stereocenters. The van der Waals surface area contributed by atoms with Gasteiger partial charge >= 0.3 is 0 Å². The van der Waals surface area contributed by atoms with E-state index in [1.54, 1.807) is 0 Å². The molecule has 0 saturated carbocycles. The van der Waals surface area contributed by atoms with Crippen molar-refractivity contribution in [2.45, 2.75) is 32.7 Å². The van der Waals surface area contributed by atoms with Gasteiger partial charge in [0.1, 0.15) is 0 Å². The Balaban J connectivity index is 1.72. The first-order valence-electron chi connectivity index (χ1n) is 9.28. The molecule has 3 heteroatoms. The predicted molar refractivity (Wildman–Crippen MR) is 103 cm³/mol. The van der Waals surface area contributed by atoms with Crippen LogP contribution >= 0.6 is 0 Å². The Morgan fingerprint density at radius 3 is 2.40 bits per heavy atom. The maximum atomic E-state index is 12.6. The standard InChI is InChI=1S/C22H28N2O/c1-17-12-14-24(15-13-17)21(19-9-4-3-5-10-19)16-23-22(25)20-11-7-6-8-18(20)2/h3-11,17,21H,12-16H2,1-2H3,(H,23,25). The number of piperidine rings is 1. The number of hydrogen-bond donors (Lipinski definition) is 1. The molecule has 1 amide bonds. The zero-order valence-corrected chi connectivity index (χ0v) is 15.2. The summed E-state index contributed by atoms with van der Waals surface area (Å²) in [6.45, 7) is 7.15. The smallest absolute Gasteiger partial charge is 0.251 e. The molecule has 3 rings (SSSR count). The third-order valence-electron chi connectivity index (χ3n) is 5.29. The fraction of sp³-hybridized carbons (Fsp3) is 0.409. The van der Waals surface area contributed by atoms with Crippen molar-refractivity contribution in [1.82, 2.24) is 10.2 Å². The van der Waals surface area contributed by atoms with Crippen molar-refractivity contribution in [2.75, 3.05) is 19.6 Å². The molecule has 1 aliphatic rings. The van der Waals surface area contributed by atoms with E-state index in [1.165, 1.54) is 18.4 Å². The van der Waals surface area contributed by atoms with Gasteiger partial charge in [-0.15, -0.1) is 0 Å². The number of nitrogens with one attached hydrogen (secondary N) is 1. The lowest BCUT2D eigenvalue weighted by Gasteiger charge is -2.37. The summed E-state index contributed by atoms with van der Waals surface area (Å²) in [6.07, 6.45) is 2.46. The summed E-state index contributed by atoms with van der Waals surface area (Å²) in [5, 5.41) is 3.17. The molecular weight excluding hydrogens is 308 g/mol.